The summed E-state index contributed by atoms with van der Waals surface area (Å²) >= 11 is 0. The molecule has 2 heterocycles. The van der Waals surface area contributed by atoms with E-state index in [4.69, 9.17) is 9.72 Å². The number of hydrogen-bond donors (Lipinski definition) is 1. The second-order valence-electron chi connectivity index (χ2n) is 6.66. The number of ether oxygens (including phenoxy) is 1. The van der Waals surface area contributed by atoms with Crippen LogP contribution in [-0.4, -0.2) is 16.7 Å². The largest absolute Gasteiger partial charge is 0.497 e. The number of rotatable bonds is 2. The van der Waals surface area contributed by atoms with E-state index in [-0.39, 0.29) is 5.41 Å². The molecule has 0 spiro atoms. The molecule has 1 unspecified atom stereocenters. The lowest BCUT2D eigenvalue weighted by Gasteiger charge is -2.26. The molecule has 1 atom stereocenters. The van der Waals surface area contributed by atoms with Gasteiger partial charge in [-0.05, 0) is 24.1 Å². The fraction of sp³-hybridized carbons (Fsp3) is 0.471. The van der Waals surface area contributed by atoms with Crippen LogP contribution in [0.1, 0.15) is 44.5 Å². The zero-order chi connectivity index (χ0) is 15.0. The van der Waals surface area contributed by atoms with Crippen molar-refractivity contribution in [3.05, 3.63) is 41.7 Å². The molecular weight excluding hydrogens is 262 g/mol. The summed E-state index contributed by atoms with van der Waals surface area (Å²) < 4.78 is 7.53. The van der Waals surface area contributed by atoms with Gasteiger partial charge in [0.25, 0.3) is 0 Å². The number of aromatic nitrogens is 2. The van der Waals surface area contributed by atoms with Gasteiger partial charge in [0.05, 0.1) is 18.8 Å². The van der Waals surface area contributed by atoms with E-state index in [1.807, 2.05) is 12.1 Å². The topological polar surface area (TPSA) is 39.1 Å². The zero-order valence-corrected chi connectivity index (χ0v) is 13.2. The summed E-state index contributed by atoms with van der Waals surface area (Å²) in [5.74, 6) is 1.87. The van der Waals surface area contributed by atoms with Gasteiger partial charge in [-0.3, -0.25) is 0 Å². The molecule has 2 aromatic rings. The van der Waals surface area contributed by atoms with E-state index in [0.717, 1.165) is 30.4 Å². The summed E-state index contributed by atoms with van der Waals surface area (Å²) in [7, 11) is 1.70. The lowest BCUT2D eigenvalue weighted by Crippen LogP contribution is -2.21. The highest BCUT2D eigenvalue weighted by Gasteiger charge is 2.25. The summed E-state index contributed by atoms with van der Waals surface area (Å²) in [4.78, 5) is 4.76. The molecule has 1 aliphatic rings. The van der Waals surface area contributed by atoms with Crippen molar-refractivity contribution in [3.63, 3.8) is 0 Å². The Labute approximate surface area is 126 Å². The molecular formula is C17H23N3O. The van der Waals surface area contributed by atoms with Crippen LogP contribution in [0.2, 0.25) is 0 Å². The molecule has 0 amide bonds. The van der Waals surface area contributed by atoms with Crippen molar-refractivity contribution in [2.45, 2.75) is 45.2 Å². The first kappa shape index (κ1) is 14.0. The van der Waals surface area contributed by atoms with Gasteiger partial charge in [-0.2, -0.15) is 0 Å². The van der Waals surface area contributed by atoms with E-state index in [1.54, 1.807) is 7.11 Å². The van der Waals surface area contributed by atoms with E-state index in [9.17, 15) is 0 Å². The van der Waals surface area contributed by atoms with Crippen molar-refractivity contribution in [1.82, 2.24) is 9.55 Å². The van der Waals surface area contributed by atoms with Gasteiger partial charge in [-0.15, -0.1) is 0 Å². The lowest BCUT2D eigenvalue weighted by molar-refractivity contribution is 0.413. The first-order valence-electron chi connectivity index (χ1n) is 7.45. The summed E-state index contributed by atoms with van der Waals surface area (Å²) in [5, 5.41) is 3.55. The van der Waals surface area contributed by atoms with Crippen LogP contribution in [0.3, 0.4) is 0 Å². The molecule has 1 aromatic heterocycles. The van der Waals surface area contributed by atoms with Crippen molar-refractivity contribution in [2.24, 2.45) is 0 Å². The number of fused-ring (bicyclic) bond motifs is 1. The summed E-state index contributed by atoms with van der Waals surface area (Å²) in [6, 6.07) is 8.55. The van der Waals surface area contributed by atoms with Crippen LogP contribution in [0.25, 0.3) is 0 Å². The number of benzene rings is 1. The van der Waals surface area contributed by atoms with Crippen LogP contribution < -0.4 is 10.1 Å². The molecule has 112 valence electrons. The molecule has 3 rings (SSSR count). The van der Waals surface area contributed by atoms with Gasteiger partial charge in [0.2, 0.25) is 5.95 Å². The van der Waals surface area contributed by atoms with E-state index >= 15 is 0 Å². The van der Waals surface area contributed by atoms with Crippen molar-refractivity contribution in [1.29, 1.82) is 0 Å². The van der Waals surface area contributed by atoms with E-state index in [2.05, 4.69) is 49.0 Å². The molecule has 1 aromatic carbocycles. The Hall–Kier alpha value is -1.97. The number of imidazole rings is 1. The maximum absolute atomic E-state index is 5.32. The molecule has 0 saturated heterocycles. The smallest absolute Gasteiger partial charge is 0.203 e. The maximum Gasteiger partial charge on any atom is 0.203 e. The van der Waals surface area contributed by atoms with Crippen LogP contribution in [0.4, 0.5) is 5.95 Å². The molecule has 0 saturated carbocycles. The zero-order valence-electron chi connectivity index (χ0n) is 13.2. The summed E-state index contributed by atoms with van der Waals surface area (Å²) in [6.07, 6.45) is 3.23. The number of anilines is 1. The van der Waals surface area contributed by atoms with E-state index < -0.39 is 0 Å². The van der Waals surface area contributed by atoms with Gasteiger partial charge in [-0.25, -0.2) is 4.98 Å². The van der Waals surface area contributed by atoms with Crippen molar-refractivity contribution in [2.75, 3.05) is 12.4 Å². The predicted octanol–water partition coefficient (Wildman–Crippen LogP) is 3.75. The van der Waals surface area contributed by atoms with E-state index in [0.29, 0.717) is 6.04 Å². The predicted molar refractivity (Wildman–Crippen MR) is 84.9 cm³/mol. The fourth-order valence-corrected chi connectivity index (χ4v) is 2.67. The minimum absolute atomic E-state index is 0.0808. The molecule has 0 aliphatic carbocycles. The Morgan fingerprint density at radius 2 is 2.14 bits per heavy atom. The molecule has 21 heavy (non-hydrogen) atoms. The van der Waals surface area contributed by atoms with Crippen LogP contribution in [0, 0.1) is 0 Å². The Bertz CT molecular complexity index is 640. The highest BCUT2D eigenvalue weighted by molar-refractivity contribution is 5.40. The molecule has 4 nitrogen and oxygen atoms in total. The second kappa shape index (κ2) is 5.10. The van der Waals surface area contributed by atoms with Gasteiger partial charge in [0.15, 0.2) is 0 Å². The molecule has 0 fully saturated rings. The third kappa shape index (κ3) is 2.75. The maximum atomic E-state index is 5.32. The first-order chi connectivity index (χ1) is 9.97. The summed E-state index contributed by atoms with van der Waals surface area (Å²) in [5.41, 5.74) is 2.47. The van der Waals surface area contributed by atoms with Crippen molar-refractivity contribution >= 4 is 5.95 Å². The third-order valence-corrected chi connectivity index (χ3v) is 4.00. The summed E-state index contributed by atoms with van der Waals surface area (Å²) in [6.45, 7) is 7.58. The van der Waals surface area contributed by atoms with Gasteiger partial charge in [0, 0.05) is 18.2 Å². The fourth-order valence-electron chi connectivity index (χ4n) is 2.67. The number of aryl methyl sites for hydroxylation is 1. The molecule has 0 bridgehead atoms. The monoisotopic (exact) mass is 285 g/mol. The third-order valence-electron chi connectivity index (χ3n) is 4.00. The quantitative estimate of drug-likeness (QED) is 0.913. The molecule has 1 aliphatic heterocycles. The minimum atomic E-state index is 0.0808. The molecule has 0 radical (unpaired) electrons. The van der Waals surface area contributed by atoms with Crippen LogP contribution in [-0.2, 0) is 12.0 Å². The number of nitrogens with zero attached hydrogens (tertiary/aromatic N) is 2. The number of hydrogen-bond acceptors (Lipinski definition) is 3. The van der Waals surface area contributed by atoms with Crippen molar-refractivity contribution < 1.29 is 4.74 Å². The molecule has 4 heteroatoms. The standard InChI is InChI=1S/C17H23N3O/c1-17(2,3)15-11-20-9-8-14(18-16(20)19-15)12-6-5-7-13(10-12)21-4/h5-7,10-11,14H,8-9H2,1-4H3,(H,18,19). The Morgan fingerprint density at radius 3 is 2.86 bits per heavy atom. The highest BCUT2D eigenvalue weighted by atomic mass is 16.5. The van der Waals surface area contributed by atoms with Gasteiger partial charge < -0.3 is 14.6 Å². The number of methoxy groups -OCH3 is 1. The molecule has 1 N–H and O–H groups in total. The van der Waals surface area contributed by atoms with Crippen LogP contribution in [0.5, 0.6) is 5.75 Å². The van der Waals surface area contributed by atoms with Crippen LogP contribution in [0.15, 0.2) is 30.5 Å². The van der Waals surface area contributed by atoms with Crippen molar-refractivity contribution in [3.8, 4) is 5.75 Å². The Morgan fingerprint density at radius 1 is 1.33 bits per heavy atom. The SMILES string of the molecule is COc1cccc(C2CCn3cc(C(C)(C)C)nc3N2)c1. The average Bonchev–Trinajstić information content (AvgIpc) is 2.90. The Balaban J connectivity index is 1.85. The number of nitrogens with one attached hydrogen (secondary N) is 1. The van der Waals surface area contributed by atoms with Gasteiger partial charge in [0.1, 0.15) is 5.75 Å². The minimum Gasteiger partial charge on any atom is -0.497 e. The lowest BCUT2D eigenvalue weighted by atomic mass is 9.93. The van der Waals surface area contributed by atoms with Crippen LogP contribution >= 0.6 is 0 Å². The normalized spacial score (nSPS) is 18.0. The average molecular weight is 285 g/mol. The highest BCUT2D eigenvalue weighted by Crippen LogP contribution is 2.32. The van der Waals surface area contributed by atoms with E-state index in [1.165, 1.54) is 5.56 Å². The van der Waals surface area contributed by atoms with Gasteiger partial charge >= 0.3 is 0 Å². The Kier molecular flexibility index (Phi) is 3.40. The van der Waals surface area contributed by atoms with Gasteiger partial charge in [-0.1, -0.05) is 32.9 Å². The first-order valence-corrected chi connectivity index (χ1v) is 7.45. The second-order valence-corrected chi connectivity index (χ2v) is 6.66.